The Kier molecular flexibility index (Phi) is 19.6. The fourth-order valence-corrected chi connectivity index (χ4v) is 2.46. The fraction of sp³-hybridized carbons (Fsp3) is 0.667. The molecule has 0 bridgehead atoms. The molecule has 24 heavy (non-hydrogen) atoms. The topological polar surface area (TPSA) is 74.6 Å². The van der Waals surface area contributed by atoms with Crippen LogP contribution < -0.4 is 29.6 Å². The minimum atomic E-state index is -4.67. The van der Waals surface area contributed by atoms with Gasteiger partial charge in [-0.2, -0.15) is 8.42 Å². The summed E-state index contributed by atoms with van der Waals surface area (Å²) in [6.07, 6.45) is 15.5. The summed E-state index contributed by atoms with van der Waals surface area (Å²) in [5.74, 6) is 0. The molecule has 0 unspecified atom stereocenters. The van der Waals surface area contributed by atoms with E-state index in [1.54, 1.807) is 0 Å². The molecule has 0 saturated heterocycles. The molecule has 0 atom stereocenters. The molecule has 0 aliphatic carbocycles. The SMILES string of the molecule is CCCCCCCCCCCCc1ccccc1.O=S(=O)(O)O.[H-].[Na+]. The largest absolute Gasteiger partial charge is 1.00 e. The van der Waals surface area contributed by atoms with Crippen molar-refractivity contribution in [3.05, 3.63) is 35.9 Å². The fourth-order valence-electron chi connectivity index (χ4n) is 2.46. The van der Waals surface area contributed by atoms with Crippen LogP contribution in [0.25, 0.3) is 0 Å². The van der Waals surface area contributed by atoms with Crippen LogP contribution in [0.2, 0.25) is 0 Å². The van der Waals surface area contributed by atoms with Gasteiger partial charge in [0.1, 0.15) is 0 Å². The predicted octanol–water partition coefficient (Wildman–Crippen LogP) is 2.61. The average Bonchev–Trinajstić information content (AvgIpc) is 2.48. The van der Waals surface area contributed by atoms with Crippen molar-refractivity contribution >= 4 is 10.4 Å². The van der Waals surface area contributed by atoms with Gasteiger partial charge in [0, 0.05) is 0 Å². The van der Waals surface area contributed by atoms with Gasteiger partial charge in [0.2, 0.25) is 0 Å². The molecule has 0 aliphatic rings. The van der Waals surface area contributed by atoms with Crippen LogP contribution in [-0.4, -0.2) is 17.5 Å². The van der Waals surface area contributed by atoms with Crippen LogP contribution in [0.3, 0.4) is 0 Å². The third-order valence-electron chi connectivity index (χ3n) is 3.66. The molecule has 2 N–H and O–H groups in total. The summed E-state index contributed by atoms with van der Waals surface area (Å²) in [6.45, 7) is 2.28. The number of aryl methyl sites for hydroxylation is 1. The van der Waals surface area contributed by atoms with Crippen molar-refractivity contribution in [2.24, 2.45) is 0 Å². The van der Waals surface area contributed by atoms with Gasteiger partial charge in [-0.1, -0.05) is 95.0 Å². The number of hydrogen-bond donors (Lipinski definition) is 2. The van der Waals surface area contributed by atoms with Crippen LogP contribution in [0.4, 0.5) is 0 Å². The van der Waals surface area contributed by atoms with Gasteiger partial charge in [0.05, 0.1) is 0 Å². The Morgan fingerprint density at radius 3 is 1.58 bits per heavy atom. The van der Waals surface area contributed by atoms with Gasteiger partial charge in [-0.25, -0.2) is 0 Å². The van der Waals surface area contributed by atoms with Crippen molar-refractivity contribution < 1.29 is 48.5 Å². The van der Waals surface area contributed by atoms with Gasteiger partial charge in [-0.15, -0.1) is 0 Å². The molecule has 0 saturated carbocycles. The Labute approximate surface area is 171 Å². The summed E-state index contributed by atoms with van der Waals surface area (Å²) < 4.78 is 31.6. The van der Waals surface area contributed by atoms with Crippen LogP contribution in [0.1, 0.15) is 78.1 Å². The summed E-state index contributed by atoms with van der Waals surface area (Å²) in [6, 6.07) is 10.9. The first-order chi connectivity index (χ1) is 10.9. The standard InChI is InChI=1S/C18H30.Na.H2O4S.H/c1-2-3-4-5-6-7-8-9-10-12-15-18-16-13-11-14-17-18;;1-5(2,3)4;/h11,13-14,16-17H,2-10,12,15H2,1H3;;(H2,1,2,3,4);/q;+1;;-1. The molecule has 1 aromatic carbocycles. The van der Waals surface area contributed by atoms with Crippen molar-refractivity contribution in [3.8, 4) is 0 Å². The van der Waals surface area contributed by atoms with E-state index in [0.29, 0.717) is 0 Å². The van der Waals surface area contributed by atoms with Gasteiger partial charge < -0.3 is 1.43 Å². The van der Waals surface area contributed by atoms with Gasteiger partial charge in [-0.3, -0.25) is 9.11 Å². The number of benzene rings is 1. The first kappa shape index (κ1) is 26.3. The summed E-state index contributed by atoms with van der Waals surface area (Å²) in [5, 5.41) is 0. The van der Waals surface area contributed by atoms with Crippen LogP contribution >= 0.6 is 0 Å². The van der Waals surface area contributed by atoms with E-state index in [1.807, 2.05) is 0 Å². The maximum absolute atomic E-state index is 8.74. The van der Waals surface area contributed by atoms with E-state index in [1.165, 1.54) is 76.2 Å². The monoisotopic (exact) mass is 368 g/mol. The Balaban J connectivity index is -0.000000610. The van der Waals surface area contributed by atoms with Crippen molar-refractivity contribution in [2.45, 2.75) is 77.6 Å². The number of unbranched alkanes of at least 4 members (excludes halogenated alkanes) is 9. The van der Waals surface area contributed by atoms with Crippen LogP contribution in [-0.2, 0) is 16.8 Å². The Bertz CT molecular complexity index is 461. The minimum Gasteiger partial charge on any atom is -1.00 e. The Morgan fingerprint density at radius 2 is 1.17 bits per heavy atom. The molecule has 136 valence electrons. The van der Waals surface area contributed by atoms with Crippen LogP contribution in [0.15, 0.2) is 30.3 Å². The van der Waals surface area contributed by atoms with E-state index in [2.05, 4.69) is 37.3 Å². The molecule has 0 aliphatic heterocycles. The predicted molar refractivity (Wildman–Crippen MR) is 97.3 cm³/mol. The Morgan fingerprint density at radius 1 is 0.792 bits per heavy atom. The van der Waals surface area contributed by atoms with Gasteiger partial charge in [0.15, 0.2) is 0 Å². The molecule has 1 rings (SSSR count). The van der Waals surface area contributed by atoms with E-state index in [-0.39, 0.29) is 31.0 Å². The molecule has 0 fully saturated rings. The second-order valence-electron chi connectivity index (χ2n) is 5.87. The molecule has 4 nitrogen and oxygen atoms in total. The van der Waals surface area contributed by atoms with E-state index in [9.17, 15) is 0 Å². The summed E-state index contributed by atoms with van der Waals surface area (Å²) in [5.41, 5.74) is 1.50. The van der Waals surface area contributed by atoms with Gasteiger partial charge >= 0.3 is 40.0 Å². The zero-order valence-electron chi connectivity index (χ0n) is 16.3. The molecular weight excluding hydrogens is 335 g/mol. The average molecular weight is 369 g/mol. The smallest absolute Gasteiger partial charge is 1.00 e. The second-order valence-corrected chi connectivity index (χ2v) is 6.76. The molecule has 0 spiro atoms. The molecule has 0 aromatic heterocycles. The van der Waals surface area contributed by atoms with E-state index >= 15 is 0 Å². The van der Waals surface area contributed by atoms with E-state index in [4.69, 9.17) is 17.5 Å². The van der Waals surface area contributed by atoms with Crippen LogP contribution in [0.5, 0.6) is 0 Å². The zero-order valence-corrected chi connectivity index (χ0v) is 18.1. The molecule has 1 aromatic rings. The van der Waals surface area contributed by atoms with E-state index in [0.717, 1.165) is 0 Å². The summed E-state index contributed by atoms with van der Waals surface area (Å²) in [4.78, 5) is 0. The van der Waals surface area contributed by atoms with Crippen molar-refractivity contribution in [1.82, 2.24) is 0 Å². The van der Waals surface area contributed by atoms with Crippen molar-refractivity contribution in [1.29, 1.82) is 0 Å². The quantitative estimate of drug-likeness (QED) is 0.358. The maximum atomic E-state index is 8.74. The third-order valence-corrected chi connectivity index (χ3v) is 3.66. The Hall–Kier alpha value is 0.0900. The maximum Gasteiger partial charge on any atom is 1.00 e. The minimum absolute atomic E-state index is 0. The number of hydrogen-bond acceptors (Lipinski definition) is 2. The molecule has 0 amide bonds. The molecule has 0 heterocycles. The summed E-state index contributed by atoms with van der Waals surface area (Å²) in [7, 11) is -4.67. The zero-order chi connectivity index (χ0) is 17.4. The first-order valence-corrected chi connectivity index (χ1v) is 10.1. The van der Waals surface area contributed by atoms with Crippen molar-refractivity contribution in [3.63, 3.8) is 0 Å². The van der Waals surface area contributed by atoms with Gasteiger partial charge in [0.25, 0.3) is 0 Å². The molecular formula is C18H33NaO4S. The molecule has 6 heteroatoms. The normalized spacial score (nSPS) is 10.5. The number of rotatable bonds is 11. The van der Waals surface area contributed by atoms with Crippen LogP contribution in [0, 0.1) is 0 Å². The molecule has 0 radical (unpaired) electrons. The van der Waals surface area contributed by atoms with Gasteiger partial charge in [-0.05, 0) is 18.4 Å². The van der Waals surface area contributed by atoms with Crippen molar-refractivity contribution in [2.75, 3.05) is 0 Å². The second kappa shape index (κ2) is 17.9. The summed E-state index contributed by atoms with van der Waals surface area (Å²) >= 11 is 0. The third kappa shape index (κ3) is 24.3. The first-order valence-electron chi connectivity index (χ1n) is 8.67. The van der Waals surface area contributed by atoms with E-state index < -0.39 is 10.4 Å².